The molecule has 0 radical (unpaired) electrons. The fourth-order valence-electron chi connectivity index (χ4n) is 1.43. The highest BCUT2D eigenvalue weighted by Crippen LogP contribution is 2.23. The van der Waals surface area contributed by atoms with Gasteiger partial charge in [0, 0.05) is 13.1 Å². The van der Waals surface area contributed by atoms with Crippen LogP contribution in [0, 0.1) is 11.3 Å². The predicted octanol–water partition coefficient (Wildman–Crippen LogP) is 2.73. The van der Waals surface area contributed by atoms with Crippen LogP contribution in [0.15, 0.2) is 30.3 Å². The summed E-state index contributed by atoms with van der Waals surface area (Å²) in [6, 6.07) is 11.1. The van der Waals surface area contributed by atoms with E-state index in [1.54, 1.807) is 7.05 Å². The van der Waals surface area contributed by atoms with Gasteiger partial charge in [-0.3, -0.25) is 4.79 Å². The zero-order valence-electron chi connectivity index (χ0n) is 9.93. The number of hydrogen-bond donors (Lipinski definition) is 0. The van der Waals surface area contributed by atoms with E-state index in [-0.39, 0.29) is 11.9 Å². The van der Waals surface area contributed by atoms with E-state index in [4.69, 9.17) is 16.9 Å². The molecule has 1 aromatic rings. The molecular weight excluding hydrogens is 236 g/mol. The molecule has 0 bridgehead atoms. The van der Waals surface area contributed by atoms with Crippen LogP contribution in [-0.4, -0.2) is 23.9 Å². The molecule has 90 valence electrons. The molecule has 0 aliphatic rings. The quantitative estimate of drug-likeness (QED) is 0.772. The number of carbonyl (C=O) groups excluding carboxylic acids is 1. The Morgan fingerprint density at radius 3 is 2.59 bits per heavy atom. The van der Waals surface area contributed by atoms with Crippen molar-refractivity contribution in [1.82, 2.24) is 4.90 Å². The first-order valence-electron chi connectivity index (χ1n) is 5.40. The van der Waals surface area contributed by atoms with Crippen LogP contribution in [0.3, 0.4) is 0 Å². The van der Waals surface area contributed by atoms with Gasteiger partial charge < -0.3 is 4.90 Å². The molecule has 0 aliphatic carbocycles. The van der Waals surface area contributed by atoms with E-state index in [0.717, 1.165) is 5.56 Å². The number of rotatable bonds is 4. The van der Waals surface area contributed by atoms with Crippen LogP contribution >= 0.6 is 11.6 Å². The third kappa shape index (κ3) is 3.47. The number of hydrogen-bond acceptors (Lipinski definition) is 2. The Labute approximate surface area is 107 Å². The minimum Gasteiger partial charge on any atom is -0.340 e. The first-order valence-corrected chi connectivity index (χ1v) is 5.84. The molecule has 2 atom stereocenters. The lowest BCUT2D eigenvalue weighted by atomic mass is 10.1. The Kier molecular flexibility index (Phi) is 4.99. The Morgan fingerprint density at radius 1 is 1.47 bits per heavy atom. The van der Waals surface area contributed by atoms with Crippen molar-refractivity contribution >= 4 is 17.5 Å². The van der Waals surface area contributed by atoms with Crippen LogP contribution in [0.25, 0.3) is 0 Å². The van der Waals surface area contributed by atoms with E-state index in [1.807, 2.05) is 43.3 Å². The first kappa shape index (κ1) is 13.5. The molecular formula is C13H15ClN2O. The van der Waals surface area contributed by atoms with Crippen molar-refractivity contribution < 1.29 is 4.79 Å². The number of likely N-dealkylation sites (N-methyl/N-ethyl adjacent to an activating group) is 1. The van der Waals surface area contributed by atoms with Gasteiger partial charge in [0.15, 0.2) is 0 Å². The Morgan fingerprint density at radius 2 is 2.06 bits per heavy atom. The van der Waals surface area contributed by atoms with Crippen molar-refractivity contribution in [2.24, 2.45) is 0 Å². The molecule has 0 heterocycles. The minimum atomic E-state index is -0.692. The minimum absolute atomic E-state index is 0.127. The van der Waals surface area contributed by atoms with Crippen LogP contribution in [0.1, 0.15) is 24.3 Å². The van der Waals surface area contributed by atoms with Gasteiger partial charge >= 0.3 is 0 Å². The molecule has 1 aromatic carbocycles. The van der Waals surface area contributed by atoms with E-state index in [2.05, 4.69) is 0 Å². The van der Waals surface area contributed by atoms with Crippen molar-refractivity contribution in [1.29, 1.82) is 5.26 Å². The van der Waals surface area contributed by atoms with E-state index in [0.29, 0.717) is 6.42 Å². The lowest BCUT2D eigenvalue weighted by Gasteiger charge is -2.25. The number of halogens is 1. The lowest BCUT2D eigenvalue weighted by molar-refractivity contribution is -0.131. The summed E-state index contributed by atoms with van der Waals surface area (Å²) in [5.74, 6) is -0.180. The van der Waals surface area contributed by atoms with Gasteiger partial charge in [-0.25, -0.2) is 0 Å². The molecule has 0 saturated heterocycles. The maximum absolute atomic E-state index is 12.0. The van der Waals surface area contributed by atoms with Gasteiger partial charge in [0.2, 0.25) is 5.91 Å². The maximum Gasteiger partial charge on any atom is 0.245 e. The summed E-state index contributed by atoms with van der Waals surface area (Å²) < 4.78 is 0. The van der Waals surface area contributed by atoms with E-state index in [9.17, 15) is 4.79 Å². The van der Waals surface area contributed by atoms with Crippen molar-refractivity contribution in [2.45, 2.75) is 24.8 Å². The molecule has 4 heteroatoms. The molecule has 3 nitrogen and oxygen atoms in total. The number of carbonyl (C=O) groups is 1. The van der Waals surface area contributed by atoms with Gasteiger partial charge in [0.05, 0.1) is 12.5 Å². The SMILES string of the molecule is CC(CC#N)N(C)C(=O)C(Cl)c1ccccc1. The Hall–Kier alpha value is -1.53. The van der Waals surface area contributed by atoms with Crippen molar-refractivity contribution in [3.05, 3.63) is 35.9 Å². The second-order valence-electron chi connectivity index (χ2n) is 3.93. The molecule has 0 saturated carbocycles. The van der Waals surface area contributed by atoms with Crippen LogP contribution < -0.4 is 0 Å². The monoisotopic (exact) mass is 250 g/mol. The molecule has 0 fully saturated rings. The fraction of sp³-hybridized carbons (Fsp3) is 0.385. The normalized spacial score (nSPS) is 13.5. The summed E-state index contributed by atoms with van der Waals surface area (Å²) in [5.41, 5.74) is 0.773. The summed E-state index contributed by atoms with van der Waals surface area (Å²) in [6.45, 7) is 1.83. The predicted molar refractivity (Wildman–Crippen MR) is 67.5 cm³/mol. The van der Waals surface area contributed by atoms with Gasteiger partial charge in [-0.15, -0.1) is 11.6 Å². The van der Waals surface area contributed by atoms with Crippen LogP contribution in [0.5, 0.6) is 0 Å². The zero-order chi connectivity index (χ0) is 12.8. The highest BCUT2D eigenvalue weighted by molar-refractivity contribution is 6.30. The van der Waals surface area contributed by atoms with E-state index >= 15 is 0 Å². The lowest BCUT2D eigenvalue weighted by Crippen LogP contribution is -2.36. The van der Waals surface area contributed by atoms with E-state index in [1.165, 1.54) is 4.90 Å². The number of alkyl halides is 1. The topological polar surface area (TPSA) is 44.1 Å². The van der Waals surface area contributed by atoms with Gasteiger partial charge in [0.25, 0.3) is 0 Å². The van der Waals surface area contributed by atoms with E-state index < -0.39 is 5.38 Å². The number of amides is 1. The first-order chi connectivity index (χ1) is 8.07. The fourth-order valence-corrected chi connectivity index (χ4v) is 1.73. The highest BCUT2D eigenvalue weighted by Gasteiger charge is 2.24. The van der Waals surface area contributed by atoms with Crippen molar-refractivity contribution in [3.8, 4) is 6.07 Å². The second-order valence-corrected chi connectivity index (χ2v) is 4.37. The number of nitriles is 1. The summed E-state index contributed by atoms with van der Waals surface area (Å²) in [7, 11) is 1.67. The molecule has 0 aromatic heterocycles. The highest BCUT2D eigenvalue weighted by atomic mass is 35.5. The summed E-state index contributed by atoms with van der Waals surface area (Å²) in [6.07, 6.45) is 0.306. The number of nitrogens with zero attached hydrogens (tertiary/aromatic N) is 2. The molecule has 0 N–H and O–H groups in total. The Bertz CT molecular complexity index is 413. The number of benzene rings is 1. The van der Waals surface area contributed by atoms with Gasteiger partial charge in [-0.2, -0.15) is 5.26 Å². The smallest absolute Gasteiger partial charge is 0.245 e. The standard InChI is InChI=1S/C13H15ClN2O/c1-10(8-9-15)16(2)13(17)12(14)11-6-4-3-5-7-11/h3-7,10,12H,8H2,1-2H3. The third-order valence-corrected chi connectivity index (χ3v) is 3.14. The van der Waals surface area contributed by atoms with Crippen LogP contribution in [-0.2, 0) is 4.79 Å². The molecule has 17 heavy (non-hydrogen) atoms. The van der Waals surface area contributed by atoms with Gasteiger partial charge in [0.1, 0.15) is 5.38 Å². The van der Waals surface area contributed by atoms with Crippen molar-refractivity contribution in [3.63, 3.8) is 0 Å². The third-order valence-electron chi connectivity index (χ3n) is 2.70. The van der Waals surface area contributed by atoms with Gasteiger partial charge in [-0.1, -0.05) is 30.3 Å². The summed E-state index contributed by atoms with van der Waals surface area (Å²) in [4.78, 5) is 13.6. The molecule has 2 unspecified atom stereocenters. The zero-order valence-corrected chi connectivity index (χ0v) is 10.7. The largest absolute Gasteiger partial charge is 0.340 e. The van der Waals surface area contributed by atoms with Crippen LogP contribution in [0.2, 0.25) is 0 Å². The molecule has 0 aliphatic heterocycles. The maximum atomic E-state index is 12.0. The average molecular weight is 251 g/mol. The molecule has 1 rings (SSSR count). The summed E-state index contributed by atoms with van der Waals surface area (Å²) >= 11 is 6.12. The van der Waals surface area contributed by atoms with Crippen LogP contribution in [0.4, 0.5) is 0 Å². The van der Waals surface area contributed by atoms with Crippen molar-refractivity contribution in [2.75, 3.05) is 7.05 Å². The van der Waals surface area contributed by atoms with Gasteiger partial charge in [-0.05, 0) is 12.5 Å². The molecule has 0 spiro atoms. The average Bonchev–Trinajstić information content (AvgIpc) is 2.37. The summed E-state index contributed by atoms with van der Waals surface area (Å²) in [5, 5.41) is 7.91. The molecule has 1 amide bonds. The second kappa shape index (κ2) is 6.27. The Balaban J connectivity index is 2.74.